The fraction of sp³-hybridized carbons (Fsp3) is 0.667. The first-order valence-electron chi connectivity index (χ1n) is 7.75. The third-order valence-electron chi connectivity index (χ3n) is 3.96. The lowest BCUT2D eigenvalue weighted by Gasteiger charge is -2.18. The highest BCUT2D eigenvalue weighted by Crippen LogP contribution is 2.24. The van der Waals surface area contributed by atoms with Gasteiger partial charge in [-0.25, -0.2) is 0 Å². The molecule has 0 amide bonds. The van der Waals surface area contributed by atoms with Gasteiger partial charge in [-0.3, -0.25) is 9.59 Å². The summed E-state index contributed by atoms with van der Waals surface area (Å²) in [5.41, 5.74) is 0. The summed E-state index contributed by atoms with van der Waals surface area (Å²) in [5.74, 6) is 5.63. The third kappa shape index (κ3) is 6.50. The molecule has 3 nitrogen and oxygen atoms in total. The number of rotatable bonds is 3. The van der Waals surface area contributed by atoms with Crippen molar-refractivity contribution in [2.45, 2.75) is 57.8 Å². The number of ether oxygens (including phenoxy) is 1. The average molecular weight is 288 g/mol. The van der Waals surface area contributed by atoms with E-state index >= 15 is 0 Å². The first-order chi connectivity index (χ1) is 10.2. The Bertz CT molecular complexity index is 425. The predicted molar refractivity (Wildman–Crippen MR) is 82.2 cm³/mol. The van der Waals surface area contributed by atoms with E-state index in [1.165, 1.54) is 6.42 Å². The van der Waals surface area contributed by atoms with Crippen LogP contribution in [0.25, 0.3) is 0 Å². The summed E-state index contributed by atoms with van der Waals surface area (Å²) in [7, 11) is 0. The topological polar surface area (TPSA) is 43.4 Å². The summed E-state index contributed by atoms with van der Waals surface area (Å²) < 4.78 is 4.81. The van der Waals surface area contributed by atoms with Gasteiger partial charge in [-0.15, -0.1) is 24.7 Å². The standard InChI is InChI=1S/C10H14O.C8H10O2/c1-2-3-6-9-7-4-5-8-10(9)11;1-2-4-7-5-3-6-10-8(7)9/h1,9H,3-8H2;1,7H,3-6H2. The van der Waals surface area contributed by atoms with Crippen molar-refractivity contribution >= 4 is 11.8 Å². The van der Waals surface area contributed by atoms with Crippen molar-refractivity contribution in [3.63, 3.8) is 0 Å². The molecule has 1 aliphatic carbocycles. The second-order valence-electron chi connectivity index (χ2n) is 5.57. The minimum absolute atomic E-state index is 0.0289. The molecule has 1 saturated carbocycles. The molecule has 2 rings (SSSR count). The third-order valence-corrected chi connectivity index (χ3v) is 3.96. The molecule has 0 aromatic heterocycles. The first kappa shape index (κ1) is 17.3. The molecule has 0 radical (unpaired) electrons. The summed E-state index contributed by atoms with van der Waals surface area (Å²) in [6, 6.07) is 0. The van der Waals surface area contributed by atoms with Crippen LogP contribution < -0.4 is 0 Å². The molecular weight excluding hydrogens is 264 g/mol. The molecule has 0 aromatic carbocycles. The summed E-state index contributed by atoms with van der Waals surface area (Å²) in [5, 5.41) is 0. The van der Waals surface area contributed by atoms with Crippen molar-refractivity contribution in [2.75, 3.05) is 6.61 Å². The lowest BCUT2D eigenvalue weighted by molar-refractivity contribution is -0.152. The number of carbonyl (C=O) groups is 2. The Labute approximate surface area is 127 Å². The molecule has 0 aromatic rings. The smallest absolute Gasteiger partial charge is 0.309 e. The van der Waals surface area contributed by atoms with Crippen LogP contribution in [0.4, 0.5) is 0 Å². The summed E-state index contributed by atoms with van der Waals surface area (Å²) >= 11 is 0. The molecule has 1 aliphatic heterocycles. The maximum atomic E-state index is 11.2. The Kier molecular flexibility index (Phi) is 8.29. The Morgan fingerprint density at radius 3 is 2.43 bits per heavy atom. The normalized spacial score (nSPS) is 24.9. The molecule has 2 aliphatic rings. The molecule has 0 N–H and O–H groups in total. The van der Waals surface area contributed by atoms with Gasteiger partial charge in [0.25, 0.3) is 0 Å². The van der Waals surface area contributed by atoms with E-state index in [2.05, 4.69) is 11.8 Å². The van der Waals surface area contributed by atoms with Gasteiger partial charge in [0.05, 0.1) is 12.5 Å². The minimum Gasteiger partial charge on any atom is -0.465 e. The van der Waals surface area contributed by atoms with Crippen molar-refractivity contribution in [1.29, 1.82) is 0 Å². The molecule has 1 heterocycles. The van der Waals surface area contributed by atoms with Crippen LogP contribution in [0.1, 0.15) is 57.8 Å². The van der Waals surface area contributed by atoms with Gasteiger partial charge in [0, 0.05) is 25.2 Å². The number of cyclic esters (lactones) is 1. The SMILES string of the molecule is C#CCC1CCCOC1=O.C#CCCC1CCCCC1=O. The molecule has 1 saturated heterocycles. The zero-order valence-corrected chi connectivity index (χ0v) is 12.6. The number of terminal acetylenes is 2. The second-order valence-corrected chi connectivity index (χ2v) is 5.57. The number of hydrogen-bond donors (Lipinski definition) is 0. The van der Waals surface area contributed by atoms with E-state index in [1.807, 2.05) is 0 Å². The van der Waals surface area contributed by atoms with Crippen LogP contribution in [0.3, 0.4) is 0 Å². The van der Waals surface area contributed by atoms with E-state index in [0.717, 1.165) is 44.9 Å². The molecule has 0 bridgehead atoms. The van der Waals surface area contributed by atoms with E-state index in [0.29, 0.717) is 24.7 Å². The van der Waals surface area contributed by atoms with Gasteiger partial charge < -0.3 is 4.74 Å². The van der Waals surface area contributed by atoms with Gasteiger partial charge in [-0.05, 0) is 32.1 Å². The lowest BCUT2D eigenvalue weighted by atomic mass is 9.85. The van der Waals surface area contributed by atoms with Crippen LogP contribution in [0, 0.1) is 36.5 Å². The minimum atomic E-state index is -0.121. The van der Waals surface area contributed by atoms with Gasteiger partial charge in [-0.2, -0.15) is 0 Å². The van der Waals surface area contributed by atoms with Gasteiger partial charge >= 0.3 is 5.97 Å². The van der Waals surface area contributed by atoms with Gasteiger partial charge in [0.1, 0.15) is 5.78 Å². The zero-order valence-electron chi connectivity index (χ0n) is 12.6. The van der Waals surface area contributed by atoms with Crippen molar-refractivity contribution in [3.05, 3.63) is 0 Å². The summed E-state index contributed by atoms with van der Waals surface area (Å²) in [4.78, 5) is 22.1. The Balaban J connectivity index is 0.000000211. The van der Waals surface area contributed by atoms with Crippen LogP contribution in [0.15, 0.2) is 0 Å². The van der Waals surface area contributed by atoms with E-state index < -0.39 is 0 Å². The summed E-state index contributed by atoms with van der Waals surface area (Å²) in [6.07, 6.45) is 18.4. The lowest BCUT2D eigenvalue weighted by Crippen LogP contribution is -2.23. The van der Waals surface area contributed by atoms with Gasteiger partial charge in [0.2, 0.25) is 0 Å². The van der Waals surface area contributed by atoms with Crippen LogP contribution in [-0.2, 0) is 14.3 Å². The highest BCUT2D eigenvalue weighted by atomic mass is 16.5. The van der Waals surface area contributed by atoms with Gasteiger partial charge in [-0.1, -0.05) is 6.42 Å². The van der Waals surface area contributed by atoms with Crippen molar-refractivity contribution in [2.24, 2.45) is 11.8 Å². The van der Waals surface area contributed by atoms with Crippen molar-refractivity contribution in [1.82, 2.24) is 0 Å². The second kappa shape index (κ2) is 10.1. The first-order valence-corrected chi connectivity index (χ1v) is 7.75. The zero-order chi connectivity index (χ0) is 15.5. The van der Waals surface area contributed by atoms with Crippen LogP contribution in [-0.4, -0.2) is 18.4 Å². The predicted octanol–water partition coefficient (Wildman–Crippen LogP) is 3.12. The van der Waals surface area contributed by atoms with E-state index in [1.54, 1.807) is 0 Å². The highest BCUT2D eigenvalue weighted by molar-refractivity contribution is 5.81. The maximum absolute atomic E-state index is 11.2. The summed E-state index contributed by atoms with van der Waals surface area (Å²) in [6.45, 7) is 0.569. The highest BCUT2D eigenvalue weighted by Gasteiger charge is 2.22. The van der Waals surface area contributed by atoms with Crippen LogP contribution >= 0.6 is 0 Å². The molecule has 114 valence electrons. The fourth-order valence-electron chi connectivity index (χ4n) is 2.68. The molecule has 2 fully saturated rings. The Morgan fingerprint density at radius 1 is 1.05 bits per heavy atom. The van der Waals surface area contributed by atoms with E-state index in [-0.39, 0.29) is 11.9 Å². The quantitative estimate of drug-likeness (QED) is 0.592. The van der Waals surface area contributed by atoms with E-state index in [4.69, 9.17) is 17.6 Å². The number of ketones is 1. The van der Waals surface area contributed by atoms with E-state index in [9.17, 15) is 9.59 Å². The average Bonchev–Trinajstić information content (AvgIpc) is 2.50. The number of Topliss-reactive ketones (excluding diaryl/α,β-unsaturated/α-hetero) is 1. The number of hydrogen-bond acceptors (Lipinski definition) is 3. The fourth-order valence-corrected chi connectivity index (χ4v) is 2.68. The molecular formula is C18H24O3. The monoisotopic (exact) mass is 288 g/mol. The molecule has 2 atom stereocenters. The number of esters is 1. The number of carbonyl (C=O) groups excluding carboxylic acids is 2. The Morgan fingerprint density at radius 2 is 1.81 bits per heavy atom. The maximum Gasteiger partial charge on any atom is 0.309 e. The Hall–Kier alpha value is -1.74. The largest absolute Gasteiger partial charge is 0.465 e. The van der Waals surface area contributed by atoms with Gasteiger partial charge in [0.15, 0.2) is 0 Å². The van der Waals surface area contributed by atoms with Crippen LogP contribution in [0.5, 0.6) is 0 Å². The molecule has 0 spiro atoms. The molecule has 21 heavy (non-hydrogen) atoms. The molecule has 2 unspecified atom stereocenters. The van der Waals surface area contributed by atoms with Crippen molar-refractivity contribution < 1.29 is 14.3 Å². The van der Waals surface area contributed by atoms with Crippen molar-refractivity contribution in [3.8, 4) is 24.7 Å². The molecule has 3 heteroatoms. The van der Waals surface area contributed by atoms with Crippen LogP contribution in [0.2, 0.25) is 0 Å².